The van der Waals surface area contributed by atoms with Crippen LogP contribution in [0, 0.1) is 0 Å². The summed E-state index contributed by atoms with van der Waals surface area (Å²) in [6, 6.07) is 4.41. The molecule has 0 aliphatic heterocycles. The van der Waals surface area contributed by atoms with Crippen molar-refractivity contribution in [1.29, 1.82) is 0 Å². The van der Waals surface area contributed by atoms with E-state index in [1.807, 2.05) is 7.05 Å². The summed E-state index contributed by atoms with van der Waals surface area (Å²) < 4.78 is 41.1. The number of hydrogen-bond donors (Lipinski definition) is 0. The van der Waals surface area contributed by atoms with Crippen molar-refractivity contribution in [2.24, 2.45) is 7.05 Å². The number of aromatic nitrogens is 5. The lowest BCUT2D eigenvalue weighted by atomic mass is 10.2. The number of aryl methyl sites for hydroxylation is 1. The van der Waals surface area contributed by atoms with E-state index in [-0.39, 0.29) is 11.5 Å². The van der Waals surface area contributed by atoms with Crippen LogP contribution in [-0.4, -0.2) is 38.6 Å². The molecule has 0 aliphatic carbocycles. The van der Waals surface area contributed by atoms with Gasteiger partial charge >= 0.3 is 6.61 Å². The van der Waals surface area contributed by atoms with Crippen molar-refractivity contribution >= 4 is 11.8 Å². The van der Waals surface area contributed by atoms with E-state index in [1.54, 1.807) is 17.0 Å². The van der Waals surface area contributed by atoms with E-state index in [0.29, 0.717) is 23.0 Å². The first-order valence-corrected chi connectivity index (χ1v) is 7.98. The van der Waals surface area contributed by atoms with Crippen molar-refractivity contribution in [3.63, 3.8) is 0 Å². The summed E-state index contributed by atoms with van der Waals surface area (Å²) >= 11 is 1.40. The monoisotopic (exact) mass is 369 g/mol. The third-order valence-corrected chi connectivity index (χ3v) is 4.12. The average Bonchev–Trinajstić information content (AvgIpc) is 3.22. The van der Waals surface area contributed by atoms with E-state index >= 15 is 0 Å². The zero-order valence-electron chi connectivity index (χ0n) is 13.2. The zero-order valence-corrected chi connectivity index (χ0v) is 14.0. The van der Waals surface area contributed by atoms with Gasteiger partial charge in [0.15, 0.2) is 16.7 Å². The molecule has 2 heterocycles. The number of alkyl halides is 2. The fraction of sp³-hybridized carbons (Fsp3) is 0.286. The fourth-order valence-corrected chi connectivity index (χ4v) is 2.69. The quantitative estimate of drug-likeness (QED) is 0.588. The number of thioether (sulfide) groups is 1. The minimum atomic E-state index is -2.94. The normalized spacial score (nSPS) is 11.1. The Morgan fingerprint density at radius 3 is 2.84 bits per heavy atom. The predicted molar refractivity (Wildman–Crippen MR) is 83.5 cm³/mol. The number of benzene rings is 1. The molecule has 0 saturated carbocycles. The van der Waals surface area contributed by atoms with Crippen LogP contribution >= 0.6 is 11.8 Å². The lowest BCUT2D eigenvalue weighted by Crippen LogP contribution is -2.03. The lowest BCUT2D eigenvalue weighted by molar-refractivity contribution is -0.0512. The molecule has 0 saturated heterocycles. The van der Waals surface area contributed by atoms with Gasteiger partial charge in [-0.2, -0.15) is 13.8 Å². The van der Waals surface area contributed by atoms with Gasteiger partial charge in [0, 0.05) is 12.6 Å². The standard InChI is InChI=1S/C14H13F2N5O3S/c1-21-7-17-19-14(21)25-6-11-18-12(20-24-11)8-3-4-9(23-13(15)16)10(5-8)22-2/h3-5,7,13H,6H2,1-2H3. The predicted octanol–water partition coefficient (Wildman–Crippen LogP) is 2.77. The smallest absolute Gasteiger partial charge is 0.387 e. The molecule has 3 rings (SSSR count). The molecule has 8 nitrogen and oxygen atoms in total. The summed E-state index contributed by atoms with van der Waals surface area (Å²) in [6.45, 7) is -2.94. The van der Waals surface area contributed by atoms with Gasteiger partial charge in [-0.1, -0.05) is 16.9 Å². The van der Waals surface area contributed by atoms with Gasteiger partial charge in [-0.15, -0.1) is 10.2 Å². The highest BCUT2D eigenvalue weighted by atomic mass is 32.2. The summed E-state index contributed by atoms with van der Waals surface area (Å²) in [5.41, 5.74) is 0.553. The molecule has 2 aromatic heterocycles. The molecule has 0 amide bonds. The molecule has 0 fully saturated rings. The molecule has 132 valence electrons. The Morgan fingerprint density at radius 2 is 2.16 bits per heavy atom. The zero-order chi connectivity index (χ0) is 17.8. The van der Waals surface area contributed by atoms with E-state index in [9.17, 15) is 8.78 Å². The van der Waals surface area contributed by atoms with Gasteiger partial charge in [0.2, 0.25) is 11.7 Å². The molecule has 1 aromatic carbocycles. The molecule has 0 N–H and O–H groups in total. The molecular formula is C14H13F2N5O3S. The van der Waals surface area contributed by atoms with E-state index < -0.39 is 6.61 Å². The molecule has 25 heavy (non-hydrogen) atoms. The van der Waals surface area contributed by atoms with E-state index in [2.05, 4.69) is 25.1 Å². The number of halogens is 2. The highest BCUT2D eigenvalue weighted by Gasteiger charge is 2.15. The molecule has 0 radical (unpaired) electrons. The van der Waals surface area contributed by atoms with Gasteiger partial charge in [0.1, 0.15) is 6.33 Å². The number of methoxy groups -OCH3 is 1. The van der Waals surface area contributed by atoms with Crippen LogP contribution in [0.25, 0.3) is 11.4 Å². The Morgan fingerprint density at radius 1 is 1.32 bits per heavy atom. The highest BCUT2D eigenvalue weighted by Crippen LogP contribution is 2.32. The molecule has 0 aliphatic rings. The molecule has 3 aromatic rings. The molecule has 11 heteroatoms. The SMILES string of the molecule is COc1cc(-c2noc(CSc3nncn3C)n2)ccc1OC(F)F. The molecule has 0 spiro atoms. The summed E-state index contributed by atoms with van der Waals surface area (Å²) in [5, 5.41) is 12.3. The van der Waals surface area contributed by atoms with Crippen LogP contribution in [0.3, 0.4) is 0 Å². The van der Waals surface area contributed by atoms with E-state index in [1.165, 1.54) is 31.0 Å². The van der Waals surface area contributed by atoms with Crippen LogP contribution in [0.5, 0.6) is 11.5 Å². The second kappa shape index (κ2) is 7.47. The molecule has 0 atom stereocenters. The van der Waals surface area contributed by atoms with Crippen LogP contribution < -0.4 is 9.47 Å². The van der Waals surface area contributed by atoms with Crippen molar-refractivity contribution < 1.29 is 22.8 Å². The first kappa shape index (κ1) is 17.1. The van der Waals surface area contributed by atoms with Crippen molar-refractivity contribution in [2.45, 2.75) is 17.5 Å². The van der Waals surface area contributed by atoms with Crippen LogP contribution in [0.4, 0.5) is 8.78 Å². The maximum Gasteiger partial charge on any atom is 0.387 e. The summed E-state index contributed by atoms with van der Waals surface area (Å²) in [5.74, 6) is 1.22. The minimum absolute atomic E-state index is 0.0668. The third kappa shape index (κ3) is 4.05. The van der Waals surface area contributed by atoms with Crippen LogP contribution in [-0.2, 0) is 12.8 Å². The van der Waals surface area contributed by atoms with Gasteiger partial charge < -0.3 is 18.6 Å². The highest BCUT2D eigenvalue weighted by molar-refractivity contribution is 7.98. The van der Waals surface area contributed by atoms with Crippen molar-refractivity contribution in [2.75, 3.05) is 7.11 Å². The van der Waals surface area contributed by atoms with Crippen molar-refractivity contribution in [3.8, 4) is 22.9 Å². The fourth-order valence-electron chi connectivity index (χ4n) is 1.96. The largest absolute Gasteiger partial charge is 0.493 e. The number of ether oxygens (including phenoxy) is 2. The Bertz CT molecular complexity index is 855. The Kier molecular flexibility index (Phi) is 5.12. The van der Waals surface area contributed by atoms with Gasteiger partial charge in [-0.25, -0.2) is 0 Å². The minimum Gasteiger partial charge on any atom is -0.493 e. The van der Waals surface area contributed by atoms with Gasteiger partial charge in [0.25, 0.3) is 0 Å². The van der Waals surface area contributed by atoms with Gasteiger partial charge in [-0.05, 0) is 18.2 Å². The second-order valence-electron chi connectivity index (χ2n) is 4.77. The second-order valence-corrected chi connectivity index (χ2v) is 5.71. The average molecular weight is 369 g/mol. The first-order chi connectivity index (χ1) is 12.1. The van der Waals surface area contributed by atoms with Crippen molar-refractivity contribution in [3.05, 3.63) is 30.4 Å². The molecule has 0 unspecified atom stereocenters. The van der Waals surface area contributed by atoms with Crippen LogP contribution in [0.1, 0.15) is 5.89 Å². The summed E-state index contributed by atoms with van der Waals surface area (Å²) in [4.78, 5) is 4.28. The first-order valence-electron chi connectivity index (χ1n) is 6.99. The maximum absolute atomic E-state index is 12.4. The number of hydrogen-bond acceptors (Lipinski definition) is 8. The Hall–Kier alpha value is -2.69. The van der Waals surface area contributed by atoms with Crippen LogP contribution in [0.2, 0.25) is 0 Å². The van der Waals surface area contributed by atoms with Crippen molar-refractivity contribution in [1.82, 2.24) is 24.9 Å². The lowest BCUT2D eigenvalue weighted by Gasteiger charge is -2.10. The Labute approximate surface area is 145 Å². The van der Waals surface area contributed by atoms with Crippen LogP contribution in [0.15, 0.2) is 34.2 Å². The topological polar surface area (TPSA) is 88.1 Å². The van der Waals surface area contributed by atoms with E-state index in [0.717, 1.165) is 5.16 Å². The number of rotatable bonds is 7. The molecular weight excluding hydrogens is 356 g/mol. The number of nitrogens with zero attached hydrogens (tertiary/aromatic N) is 5. The van der Waals surface area contributed by atoms with E-state index in [4.69, 9.17) is 9.26 Å². The maximum atomic E-state index is 12.4. The summed E-state index contributed by atoms with van der Waals surface area (Å²) in [7, 11) is 3.19. The van der Waals surface area contributed by atoms with Gasteiger partial charge in [0.05, 0.1) is 12.9 Å². The third-order valence-electron chi connectivity index (χ3n) is 3.10. The summed E-state index contributed by atoms with van der Waals surface area (Å²) in [6.07, 6.45) is 1.59. The molecule has 0 bridgehead atoms. The Balaban J connectivity index is 1.74. The van der Waals surface area contributed by atoms with Gasteiger partial charge in [-0.3, -0.25) is 0 Å².